The standard InChI is InChI=1S/C22H21FN2O/c1-2-13-24-22(26)19-8-4-7-18-16-5-3-6-17(16)20(25-21(18)19)14-9-11-15(23)12-10-14/h2-5,7-12,16-17,20,25H,1,6,13H2,(H,24,26). The van der Waals surface area contributed by atoms with Gasteiger partial charge in [0.05, 0.1) is 17.3 Å². The lowest BCUT2D eigenvalue weighted by Gasteiger charge is -2.38. The Balaban J connectivity index is 1.76. The maximum absolute atomic E-state index is 13.4. The van der Waals surface area contributed by atoms with E-state index < -0.39 is 0 Å². The summed E-state index contributed by atoms with van der Waals surface area (Å²) in [6.07, 6.45) is 7.06. The van der Waals surface area contributed by atoms with Crippen molar-refractivity contribution in [3.05, 3.63) is 89.8 Å². The Labute approximate surface area is 152 Å². The molecule has 2 N–H and O–H groups in total. The minimum absolute atomic E-state index is 0.0384. The molecule has 0 bridgehead atoms. The lowest BCUT2D eigenvalue weighted by Crippen LogP contribution is -2.32. The molecule has 0 radical (unpaired) electrons. The van der Waals surface area contributed by atoms with Gasteiger partial charge in [-0.1, -0.05) is 42.5 Å². The number of hydrogen-bond acceptors (Lipinski definition) is 2. The number of allylic oxidation sites excluding steroid dienone is 2. The summed E-state index contributed by atoms with van der Waals surface area (Å²) in [6.45, 7) is 4.07. The maximum atomic E-state index is 13.4. The summed E-state index contributed by atoms with van der Waals surface area (Å²) in [6, 6.07) is 12.5. The molecule has 0 aromatic heterocycles. The number of halogens is 1. The number of rotatable bonds is 4. The van der Waals surface area contributed by atoms with Crippen LogP contribution in [0.4, 0.5) is 10.1 Å². The fraction of sp³-hybridized carbons (Fsp3) is 0.227. The average Bonchev–Trinajstić information content (AvgIpc) is 3.16. The number of para-hydroxylation sites is 1. The summed E-state index contributed by atoms with van der Waals surface area (Å²) in [7, 11) is 0. The minimum Gasteiger partial charge on any atom is -0.377 e. The van der Waals surface area contributed by atoms with E-state index in [1.54, 1.807) is 6.08 Å². The molecule has 0 saturated heterocycles. The third-order valence-corrected chi connectivity index (χ3v) is 5.28. The van der Waals surface area contributed by atoms with Gasteiger partial charge in [-0.2, -0.15) is 0 Å². The Bertz CT molecular complexity index is 872. The Morgan fingerprint density at radius 2 is 2.08 bits per heavy atom. The van der Waals surface area contributed by atoms with E-state index in [2.05, 4.69) is 35.4 Å². The zero-order valence-corrected chi connectivity index (χ0v) is 14.4. The number of hydrogen-bond donors (Lipinski definition) is 2. The normalized spacial score (nSPS) is 22.9. The van der Waals surface area contributed by atoms with E-state index in [0.29, 0.717) is 18.0 Å². The first-order valence-corrected chi connectivity index (χ1v) is 8.89. The molecule has 26 heavy (non-hydrogen) atoms. The van der Waals surface area contributed by atoms with Gasteiger partial charge in [0.2, 0.25) is 0 Å². The number of carbonyl (C=O) groups is 1. The Hall–Kier alpha value is -2.88. The van der Waals surface area contributed by atoms with Gasteiger partial charge in [-0.15, -0.1) is 6.58 Å². The van der Waals surface area contributed by atoms with Gasteiger partial charge >= 0.3 is 0 Å². The fourth-order valence-electron chi connectivity index (χ4n) is 4.07. The van der Waals surface area contributed by atoms with Crippen LogP contribution < -0.4 is 10.6 Å². The van der Waals surface area contributed by atoms with Gasteiger partial charge in [0, 0.05) is 12.5 Å². The smallest absolute Gasteiger partial charge is 0.253 e. The molecule has 0 spiro atoms. The molecule has 132 valence electrons. The highest BCUT2D eigenvalue weighted by atomic mass is 19.1. The van der Waals surface area contributed by atoms with Crippen molar-refractivity contribution in [1.82, 2.24) is 5.32 Å². The molecule has 3 nitrogen and oxygen atoms in total. The third-order valence-electron chi connectivity index (χ3n) is 5.28. The van der Waals surface area contributed by atoms with Gasteiger partial charge in [-0.05, 0) is 41.7 Å². The van der Waals surface area contributed by atoms with Crippen LogP contribution in [0, 0.1) is 11.7 Å². The SMILES string of the molecule is C=CCNC(=O)c1cccc2c1NC(c1ccc(F)cc1)C1CC=CC21. The number of nitrogens with one attached hydrogen (secondary N) is 2. The van der Waals surface area contributed by atoms with Crippen molar-refractivity contribution in [2.75, 3.05) is 11.9 Å². The van der Waals surface area contributed by atoms with Crippen LogP contribution in [-0.2, 0) is 0 Å². The lowest BCUT2D eigenvalue weighted by molar-refractivity contribution is 0.0958. The van der Waals surface area contributed by atoms with Gasteiger partial charge in [0.25, 0.3) is 5.91 Å². The van der Waals surface area contributed by atoms with Gasteiger partial charge in [-0.3, -0.25) is 4.79 Å². The van der Waals surface area contributed by atoms with Crippen LogP contribution in [0.5, 0.6) is 0 Å². The molecular weight excluding hydrogens is 327 g/mol. The van der Waals surface area contributed by atoms with Crippen molar-refractivity contribution in [2.24, 2.45) is 5.92 Å². The van der Waals surface area contributed by atoms with Crippen LogP contribution in [0.3, 0.4) is 0 Å². The molecule has 1 aliphatic carbocycles. The van der Waals surface area contributed by atoms with Crippen LogP contribution in [0.15, 0.2) is 67.3 Å². The van der Waals surface area contributed by atoms with Crippen LogP contribution in [-0.4, -0.2) is 12.5 Å². The van der Waals surface area contributed by atoms with Crippen molar-refractivity contribution >= 4 is 11.6 Å². The fourth-order valence-corrected chi connectivity index (χ4v) is 4.07. The third kappa shape index (κ3) is 2.81. The number of benzene rings is 2. The molecule has 3 unspecified atom stereocenters. The molecule has 2 aromatic rings. The second kappa shape index (κ2) is 6.79. The second-order valence-corrected chi connectivity index (χ2v) is 6.80. The van der Waals surface area contributed by atoms with Crippen molar-refractivity contribution in [3.8, 4) is 0 Å². The molecule has 1 aliphatic heterocycles. The van der Waals surface area contributed by atoms with E-state index in [0.717, 1.165) is 23.2 Å². The van der Waals surface area contributed by atoms with Gasteiger partial charge in [0.15, 0.2) is 0 Å². The topological polar surface area (TPSA) is 41.1 Å². The van der Waals surface area contributed by atoms with Crippen molar-refractivity contribution in [1.29, 1.82) is 0 Å². The largest absolute Gasteiger partial charge is 0.377 e. The quantitative estimate of drug-likeness (QED) is 0.795. The van der Waals surface area contributed by atoms with Crippen molar-refractivity contribution in [2.45, 2.75) is 18.4 Å². The molecular formula is C22H21FN2O. The van der Waals surface area contributed by atoms with E-state index in [9.17, 15) is 9.18 Å². The zero-order chi connectivity index (χ0) is 18.1. The van der Waals surface area contributed by atoms with E-state index in [1.807, 2.05) is 24.3 Å². The Morgan fingerprint density at radius 1 is 1.27 bits per heavy atom. The van der Waals surface area contributed by atoms with Crippen LogP contribution in [0.2, 0.25) is 0 Å². The van der Waals surface area contributed by atoms with Crippen LogP contribution in [0.1, 0.15) is 39.9 Å². The highest BCUT2D eigenvalue weighted by Gasteiger charge is 2.39. The molecule has 0 fully saturated rings. The summed E-state index contributed by atoms with van der Waals surface area (Å²) in [5, 5.41) is 6.44. The summed E-state index contributed by atoms with van der Waals surface area (Å²) < 4.78 is 13.4. The first-order chi connectivity index (χ1) is 12.7. The van der Waals surface area contributed by atoms with E-state index in [4.69, 9.17) is 0 Å². The van der Waals surface area contributed by atoms with Crippen LogP contribution >= 0.6 is 0 Å². The highest BCUT2D eigenvalue weighted by Crippen LogP contribution is 2.50. The first-order valence-electron chi connectivity index (χ1n) is 8.89. The molecule has 1 heterocycles. The highest BCUT2D eigenvalue weighted by molar-refractivity contribution is 6.00. The molecule has 4 heteroatoms. The summed E-state index contributed by atoms with van der Waals surface area (Å²) in [5.41, 5.74) is 3.69. The van der Waals surface area contributed by atoms with Gasteiger partial charge < -0.3 is 10.6 Å². The number of carbonyl (C=O) groups excluding carboxylic acids is 1. The van der Waals surface area contributed by atoms with E-state index in [-0.39, 0.29) is 23.7 Å². The van der Waals surface area contributed by atoms with E-state index in [1.165, 1.54) is 12.1 Å². The average molecular weight is 348 g/mol. The first kappa shape index (κ1) is 16.6. The number of amides is 1. The predicted octanol–water partition coefficient (Wildman–Crippen LogP) is 4.57. The van der Waals surface area contributed by atoms with E-state index >= 15 is 0 Å². The zero-order valence-electron chi connectivity index (χ0n) is 14.4. The summed E-state index contributed by atoms with van der Waals surface area (Å²) in [4.78, 5) is 12.6. The molecule has 2 aliphatic rings. The predicted molar refractivity (Wildman–Crippen MR) is 102 cm³/mol. The number of fused-ring (bicyclic) bond motifs is 3. The summed E-state index contributed by atoms with van der Waals surface area (Å²) >= 11 is 0. The Kier molecular flexibility index (Phi) is 4.33. The van der Waals surface area contributed by atoms with Crippen LogP contribution in [0.25, 0.3) is 0 Å². The molecule has 0 saturated carbocycles. The minimum atomic E-state index is -0.240. The summed E-state index contributed by atoms with van der Waals surface area (Å²) in [5.74, 6) is 0.260. The monoisotopic (exact) mass is 348 g/mol. The van der Waals surface area contributed by atoms with Crippen molar-refractivity contribution in [3.63, 3.8) is 0 Å². The lowest BCUT2D eigenvalue weighted by atomic mass is 9.76. The maximum Gasteiger partial charge on any atom is 0.253 e. The molecule has 4 rings (SSSR count). The van der Waals surface area contributed by atoms with Gasteiger partial charge in [-0.25, -0.2) is 4.39 Å². The second-order valence-electron chi connectivity index (χ2n) is 6.80. The number of anilines is 1. The van der Waals surface area contributed by atoms with Crippen molar-refractivity contribution < 1.29 is 9.18 Å². The molecule has 3 atom stereocenters. The molecule has 2 aromatic carbocycles. The Morgan fingerprint density at radius 3 is 2.85 bits per heavy atom. The molecule has 1 amide bonds. The van der Waals surface area contributed by atoms with Gasteiger partial charge in [0.1, 0.15) is 5.82 Å².